The second-order valence-electron chi connectivity index (χ2n) is 2.75. The SMILES string of the molecule is O=Cc1cc2[nH]cnc2cc1C(=O)Cl. The first-order valence-electron chi connectivity index (χ1n) is 3.84. The summed E-state index contributed by atoms with van der Waals surface area (Å²) in [6.07, 6.45) is 2.08. The predicted molar refractivity (Wildman–Crippen MR) is 51.7 cm³/mol. The van der Waals surface area contributed by atoms with Gasteiger partial charge in [-0.15, -0.1) is 0 Å². The number of halogens is 1. The maximum absolute atomic E-state index is 11.0. The largest absolute Gasteiger partial charge is 0.345 e. The number of hydrogen-bond donors (Lipinski definition) is 1. The van der Waals surface area contributed by atoms with Crippen LogP contribution in [0.2, 0.25) is 0 Å². The molecule has 1 aromatic carbocycles. The van der Waals surface area contributed by atoms with Crippen molar-refractivity contribution in [3.8, 4) is 0 Å². The predicted octanol–water partition coefficient (Wildman–Crippen LogP) is 1.75. The molecule has 5 heteroatoms. The number of benzene rings is 1. The summed E-state index contributed by atoms with van der Waals surface area (Å²) in [4.78, 5) is 28.4. The van der Waals surface area contributed by atoms with Crippen molar-refractivity contribution >= 4 is 34.2 Å². The molecule has 0 radical (unpaired) electrons. The molecule has 0 amide bonds. The summed E-state index contributed by atoms with van der Waals surface area (Å²) < 4.78 is 0. The Morgan fingerprint density at radius 1 is 1.50 bits per heavy atom. The van der Waals surface area contributed by atoms with Crippen LogP contribution >= 0.6 is 11.6 Å². The van der Waals surface area contributed by atoms with E-state index in [4.69, 9.17) is 11.6 Å². The molecule has 1 N–H and O–H groups in total. The summed E-state index contributed by atoms with van der Waals surface area (Å²) >= 11 is 5.32. The van der Waals surface area contributed by atoms with Crippen LogP contribution in [0.15, 0.2) is 18.5 Å². The number of nitrogens with zero attached hydrogens (tertiary/aromatic N) is 1. The van der Waals surface area contributed by atoms with Crippen molar-refractivity contribution in [1.29, 1.82) is 0 Å². The number of H-pyrrole nitrogens is 1. The fraction of sp³-hybridized carbons (Fsp3) is 0. The zero-order valence-corrected chi connectivity index (χ0v) is 7.71. The molecule has 2 rings (SSSR count). The zero-order chi connectivity index (χ0) is 10.1. The van der Waals surface area contributed by atoms with Crippen LogP contribution in [0.5, 0.6) is 0 Å². The highest BCUT2D eigenvalue weighted by atomic mass is 35.5. The lowest BCUT2D eigenvalue weighted by molar-refractivity contribution is 0.106. The quantitative estimate of drug-likeness (QED) is 0.604. The van der Waals surface area contributed by atoms with Gasteiger partial charge in [-0.2, -0.15) is 0 Å². The number of fused-ring (bicyclic) bond motifs is 1. The molecule has 0 atom stereocenters. The minimum absolute atomic E-state index is 0.182. The first-order chi connectivity index (χ1) is 6.72. The van der Waals surface area contributed by atoms with Crippen molar-refractivity contribution in [2.24, 2.45) is 0 Å². The van der Waals surface area contributed by atoms with E-state index in [0.29, 0.717) is 17.3 Å². The maximum Gasteiger partial charge on any atom is 0.253 e. The number of rotatable bonds is 2. The number of hydrogen-bond acceptors (Lipinski definition) is 3. The van der Waals surface area contributed by atoms with E-state index in [2.05, 4.69) is 9.97 Å². The Bertz CT molecular complexity index is 519. The van der Waals surface area contributed by atoms with Gasteiger partial charge < -0.3 is 4.98 Å². The molecule has 0 aliphatic carbocycles. The van der Waals surface area contributed by atoms with Gasteiger partial charge in [0, 0.05) is 11.1 Å². The minimum Gasteiger partial charge on any atom is -0.345 e. The Kier molecular flexibility index (Phi) is 2.05. The number of carbonyl (C=O) groups is 2. The van der Waals surface area contributed by atoms with E-state index in [1.165, 1.54) is 12.4 Å². The van der Waals surface area contributed by atoms with Crippen LogP contribution in [0.4, 0.5) is 0 Å². The van der Waals surface area contributed by atoms with Crippen molar-refractivity contribution in [3.05, 3.63) is 29.6 Å². The molecule has 70 valence electrons. The summed E-state index contributed by atoms with van der Waals surface area (Å²) in [5.74, 6) is 0. The Labute approximate surface area is 83.9 Å². The van der Waals surface area contributed by atoms with Crippen molar-refractivity contribution in [1.82, 2.24) is 9.97 Å². The van der Waals surface area contributed by atoms with Crippen LogP contribution in [0.1, 0.15) is 20.7 Å². The highest BCUT2D eigenvalue weighted by Crippen LogP contribution is 2.17. The van der Waals surface area contributed by atoms with Crippen molar-refractivity contribution < 1.29 is 9.59 Å². The molecule has 2 aromatic rings. The van der Waals surface area contributed by atoms with Crippen LogP contribution in [0, 0.1) is 0 Å². The van der Waals surface area contributed by atoms with Gasteiger partial charge in [0.05, 0.1) is 17.4 Å². The smallest absolute Gasteiger partial charge is 0.253 e. The Morgan fingerprint density at radius 2 is 2.29 bits per heavy atom. The van der Waals surface area contributed by atoms with Gasteiger partial charge in [-0.3, -0.25) is 9.59 Å². The maximum atomic E-state index is 11.0. The molecule has 0 saturated carbocycles. The lowest BCUT2D eigenvalue weighted by atomic mass is 10.1. The van der Waals surface area contributed by atoms with Gasteiger partial charge in [-0.05, 0) is 23.7 Å². The fourth-order valence-electron chi connectivity index (χ4n) is 1.27. The van der Waals surface area contributed by atoms with E-state index in [0.717, 1.165) is 0 Å². The molecule has 1 aromatic heterocycles. The van der Waals surface area contributed by atoms with Gasteiger partial charge in [0.1, 0.15) is 0 Å². The van der Waals surface area contributed by atoms with Crippen molar-refractivity contribution in [2.45, 2.75) is 0 Å². The molecule has 0 fully saturated rings. The first kappa shape index (κ1) is 8.90. The topological polar surface area (TPSA) is 62.8 Å². The molecule has 0 saturated heterocycles. The number of aromatic amines is 1. The standard InChI is InChI=1S/C9H5ClN2O2/c10-9(14)6-2-8-7(11-4-12-8)1-5(6)3-13/h1-4H,(H,11,12). The molecular weight excluding hydrogens is 204 g/mol. The summed E-state index contributed by atoms with van der Waals surface area (Å²) in [6, 6.07) is 3.04. The number of nitrogens with one attached hydrogen (secondary N) is 1. The van der Waals surface area contributed by atoms with E-state index < -0.39 is 5.24 Å². The third kappa shape index (κ3) is 1.29. The Hall–Kier alpha value is -1.68. The lowest BCUT2D eigenvalue weighted by Gasteiger charge is -1.98. The van der Waals surface area contributed by atoms with Gasteiger partial charge >= 0.3 is 0 Å². The number of aromatic nitrogens is 2. The van der Waals surface area contributed by atoms with Gasteiger partial charge in [0.15, 0.2) is 6.29 Å². The van der Waals surface area contributed by atoms with Gasteiger partial charge in [0.25, 0.3) is 5.24 Å². The molecule has 0 bridgehead atoms. The van der Waals surface area contributed by atoms with Crippen molar-refractivity contribution in [2.75, 3.05) is 0 Å². The van der Waals surface area contributed by atoms with Crippen LogP contribution in [0.25, 0.3) is 11.0 Å². The Morgan fingerprint density at radius 3 is 2.93 bits per heavy atom. The van der Waals surface area contributed by atoms with Gasteiger partial charge in [-0.1, -0.05) is 0 Å². The lowest BCUT2D eigenvalue weighted by Crippen LogP contribution is -1.96. The Balaban J connectivity index is 2.78. The minimum atomic E-state index is -0.656. The van der Waals surface area contributed by atoms with Crippen LogP contribution in [0.3, 0.4) is 0 Å². The average molecular weight is 209 g/mol. The van der Waals surface area contributed by atoms with Gasteiger partial charge in [0.2, 0.25) is 0 Å². The van der Waals surface area contributed by atoms with E-state index in [-0.39, 0.29) is 11.1 Å². The monoisotopic (exact) mass is 208 g/mol. The zero-order valence-electron chi connectivity index (χ0n) is 6.95. The summed E-state index contributed by atoms with van der Waals surface area (Å²) in [5.41, 5.74) is 1.76. The van der Waals surface area contributed by atoms with Gasteiger partial charge in [-0.25, -0.2) is 4.98 Å². The van der Waals surface area contributed by atoms with Crippen LogP contribution in [-0.2, 0) is 0 Å². The molecule has 0 aliphatic rings. The van der Waals surface area contributed by atoms with E-state index in [1.807, 2.05) is 0 Å². The third-order valence-corrected chi connectivity index (χ3v) is 2.13. The summed E-state index contributed by atoms with van der Waals surface area (Å²) in [5, 5.41) is -0.656. The highest BCUT2D eigenvalue weighted by Gasteiger charge is 2.10. The summed E-state index contributed by atoms with van der Waals surface area (Å²) in [7, 11) is 0. The molecule has 1 heterocycles. The fourth-order valence-corrected chi connectivity index (χ4v) is 1.43. The van der Waals surface area contributed by atoms with E-state index >= 15 is 0 Å². The first-order valence-corrected chi connectivity index (χ1v) is 4.22. The number of imidazole rings is 1. The third-order valence-electron chi connectivity index (χ3n) is 1.93. The molecule has 14 heavy (non-hydrogen) atoms. The molecular formula is C9H5ClN2O2. The molecule has 0 unspecified atom stereocenters. The van der Waals surface area contributed by atoms with Crippen LogP contribution < -0.4 is 0 Å². The van der Waals surface area contributed by atoms with Crippen molar-refractivity contribution in [3.63, 3.8) is 0 Å². The second-order valence-corrected chi connectivity index (χ2v) is 3.09. The highest BCUT2D eigenvalue weighted by molar-refractivity contribution is 6.68. The van der Waals surface area contributed by atoms with E-state index in [1.54, 1.807) is 6.07 Å². The average Bonchev–Trinajstić information content (AvgIpc) is 2.62. The molecule has 0 aliphatic heterocycles. The number of aldehydes is 1. The van der Waals surface area contributed by atoms with E-state index in [9.17, 15) is 9.59 Å². The molecule has 0 spiro atoms. The second kappa shape index (κ2) is 3.23. The summed E-state index contributed by atoms with van der Waals surface area (Å²) in [6.45, 7) is 0. The number of carbonyl (C=O) groups excluding carboxylic acids is 2. The van der Waals surface area contributed by atoms with Crippen LogP contribution in [-0.4, -0.2) is 21.5 Å². The molecule has 4 nitrogen and oxygen atoms in total. The normalized spacial score (nSPS) is 10.4.